The van der Waals surface area contributed by atoms with Gasteiger partial charge >= 0.3 is 0 Å². The van der Waals surface area contributed by atoms with Gasteiger partial charge in [-0.25, -0.2) is 27.4 Å². The fourth-order valence-electron chi connectivity index (χ4n) is 4.42. The van der Waals surface area contributed by atoms with E-state index in [9.17, 15) is 18.1 Å². The van der Waals surface area contributed by atoms with Gasteiger partial charge < -0.3 is 5.11 Å². The largest absolute Gasteiger partial charge is 0.393 e. The number of fused-ring (bicyclic) bond motifs is 1. The molecule has 5 rings (SSSR count). The molecule has 3 heterocycles. The summed E-state index contributed by atoms with van der Waals surface area (Å²) in [6.45, 7) is 5.74. The third-order valence-corrected chi connectivity index (χ3v) is 8.14. The molecule has 0 bridgehead atoms. The Morgan fingerprint density at radius 3 is 2.49 bits per heavy atom. The summed E-state index contributed by atoms with van der Waals surface area (Å²) in [5.41, 5.74) is 2.71. The molecule has 1 aromatic carbocycles. The number of hydrogen-bond donors (Lipinski definition) is 2. The number of aliphatic hydroxyl groups is 1. The molecule has 0 spiro atoms. The number of benzene rings is 1. The molecule has 2 atom stereocenters. The number of halogens is 2. The van der Waals surface area contributed by atoms with Crippen LogP contribution in [0.2, 0.25) is 0 Å². The Bertz CT molecular complexity index is 1450. The van der Waals surface area contributed by atoms with Crippen molar-refractivity contribution in [2.45, 2.75) is 56.9 Å². The Morgan fingerprint density at radius 1 is 1.05 bits per heavy atom. The maximum Gasteiger partial charge on any atom is 0.280 e. The van der Waals surface area contributed by atoms with E-state index in [1.54, 1.807) is 16.9 Å². The normalized spacial score (nSPS) is 19.6. The van der Waals surface area contributed by atoms with Crippen LogP contribution in [-0.2, 0) is 11.0 Å². The van der Waals surface area contributed by atoms with E-state index in [-0.39, 0.29) is 23.8 Å². The fourth-order valence-corrected chi connectivity index (χ4v) is 5.31. The van der Waals surface area contributed by atoms with Crippen molar-refractivity contribution in [3.05, 3.63) is 72.2 Å². The van der Waals surface area contributed by atoms with E-state index in [4.69, 9.17) is 4.98 Å². The predicted octanol–water partition coefficient (Wildman–Crippen LogP) is 5.28. The first-order valence-electron chi connectivity index (χ1n) is 12.2. The van der Waals surface area contributed by atoms with E-state index >= 15 is 0 Å². The standard InChI is InChI=1S/C27H29F2N5O2S/c1-27(2,3)37(36)33-25(18-12-19(35)13-18)21-7-4-6-20(31-21)16-10-11-17-15-30-34(23(17)14-16)24-9-5-8-22(32-24)26(28)29/h4-11,14-15,18-19,25-26,33,35H,12-13H2,1-3H3/t18?,19?,25-,37?/m0/s1. The Kier molecular flexibility index (Phi) is 6.91. The van der Waals surface area contributed by atoms with Gasteiger partial charge in [0.2, 0.25) is 0 Å². The zero-order chi connectivity index (χ0) is 26.3. The third-order valence-electron chi connectivity index (χ3n) is 6.56. The molecule has 7 nitrogen and oxygen atoms in total. The molecular weight excluding hydrogens is 496 g/mol. The number of nitrogens with zero attached hydrogens (tertiary/aromatic N) is 4. The second-order valence-corrected chi connectivity index (χ2v) is 12.4. The van der Waals surface area contributed by atoms with Gasteiger partial charge in [0.1, 0.15) is 5.69 Å². The van der Waals surface area contributed by atoms with Crippen molar-refractivity contribution in [1.29, 1.82) is 0 Å². The summed E-state index contributed by atoms with van der Waals surface area (Å²) >= 11 is 0. The first kappa shape index (κ1) is 25.6. The average molecular weight is 526 g/mol. The number of alkyl halides is 2. The Balaban J connectivity index is 1.51. The van der Waals surface area contributed by atoms with Gasteiger partial charge in [-0.1, -0.05) is 24.3 Å². The molecule has 1 saturated carbocycles. The summed E-state index contributed by atoms with van der Waals surface area (Å²) in [7, 11) is -1.31. The van der Waals surface area contributed by atoms with Gasteiger partial charge in [-0.3, -0.25) is 4.98 Å². The first-order chi connectivity index (χ1) is 17.6. The van der Waals surface area contributed by atoms with Crippen LogP contribution in [0.25, 0.3) is 28.0 Å². The van der Waals surface area contributed by atoms with Crippen LogP contribution in [0, 0.1) is 5.92 Å². The SMILES string of the molecule is CC(C)(C)S(=O)N[C@H](c1cccc(-c2ccc3cnn(-c4cccc(C(F)F)n4)c3c2)n1)C1CC(O)C1. The van der Waals surface area contributed by atoms with E-state index in [2.05, 4.69) is 14.8 Å². The molecule has 37 heavy (non-hydrogen) atoms. The van der Waals surface area contributed by atoms with E-state index in [0.29, 0.717) is 24.2 Å². The van der Waals surface area contributed by atoms with Crippen molar-refractivity contribution >= 4 is 21.9 Å². The Morgan fingerprint density at radius 2 is 1.78 bits per heavy atom. The minimum absolute atomic E-state index is 0.126. The van der Waals surface area contributed by atoms with E-state index in [1.165, 1.54) is 12.1 Å². The summed E-state index contributed by atoms with van der Waals surface area (Å²) in [6.07, 6.45) is -0.0964. The summed E-state index contributed by atoms with van der Waals surface area (Å²) in [5.74, 6) is 0.435. The van der Waals surface area contributed by atoms with Crippen LogP contribution in [0.4, 0.5) is 8.78 Å². The van der Waals surface area contributed by atoms with E-state index in [1.807, 2.05) is 57.2 Å². The molecule has 3 aromatic heterocycles. The zero-order valence-electron chi connectivity index (χ0n) is 20.8. The highest BCUT2D eigenvalue weighted by molar-refractivity contribution is 7.84. The molecule has 0 radical (unpaired) electrons. The summed E-state index contributed by atoms with van der Waals surface area (Å²) in [4.78, 5) is 8.98. The highest BCUT2D eigenvalue weighted by Crippen LogP contribution is 2.39. The summed E-state index contributed by atoms with van der Waals surface area (Å²) in [5, 5.41) is 15.1. The second kappa shape index (κ2) is 10.00. The lowest BCUT2D eigenvalue weighted by Crippen LogP contribution is -2.43. The van der Waals surface area contributed by atoms with Crippen LogP contribution in [0.1, 0.15) is 57.5 Å². The highest BCUT2D eigenvalue weighted by atomic mass is 32.2. The van der Waals surface area contributed by atoms with Crippen molar-refractivity contribution < 1.29 is 18.1 Å². The van der Waals surface area contributed by atoms with Gasteiger partial charge in [0.25, 0.3) is 6.43 Å². The van der Waals surface area contributed by atoms with Crippen molar-refractivity contribution in [3.63, 3.8) is 0 Å². The van der Waals surface area contributed by atoms with Crippen LogP contribution in [0.5, 0.6) is 0 Å². The monoisotopic (exact) mass is 525 g/mol. The topological polar surface area (TPSA) is 92.9 Å². The van der Waals surface area contributed by atoms with Gasteiger partial charge in [0.05, 0.1) is 51.0 Å². The molecule has 194 valence electrons. The maximum absolute atomic E-state index is 13.2. The highest BCUT2D eigenvalue weighted by Gasteiger charge is 2.37. The van der Waals surface area contributed by atoms with E-state index < -0.39 is 22.2 Å². The molecule has 2 N–H and O–H groups in total. The number of pyridine rings is 2. The smallest absolute Gasteiger partial charge is 0.280 e. The second-order valence-electron chi connectivity index (χ2n) is 10.4. The first-order valence-corrected chi connectivity index (χ1v) is 13.3. The van der Waals surface area contributed by atoms with Crippen LogP contribution >= 0.6 is 0 Å². The van der Waals surface area contributed by atoms with Crippen LogP contribution in [0.15, 0.2) is 60.8 Å². The van der Waals surface area contributed by atoms with Crippen molar-refractivity contribution in [1.82, 2.24) is 24.5 Å². The number of hydrogen-bond acceptors (Lipinski definition) is 5. The lowest BCUT2D eigenvalue weighted by Gasteiger charge is -2.38. The minimum atomic E-state index is -2.67. The molecule has 0 aliphatic heterocycles. The average Bonchev–Trinajstić information content (AvgIpc) is 3.28. The lowest BCUT2D eigenvalue weighted by atomic mass is 9.76. The molecular formula is C27H29F2N5O2S. The van der Waals surface area contributed by atoms with Crippen molar-refractivity contribution in [2.75, 3.05) is 0 Å². The molecule has 1 unspecified atom stereocenters. The quantitative estimate of drug-likeness (QED) is 0.342. The zero-order valence-corrected chi connectivity index (χ0v) is 21.6. The number of nitrogens with one attached hydrogen (secondary N) is 1. The van der Waals surface area contributed by atoms with Gasteiger partial charge in [-0.2, -0.15) is 5.10 Å². The van der Waals surface area contributed by atoms with Gasteiger partial charge in [0, 0.05) is 10.9 Å². The van der Waals surface area contributed by atoms with Crippen molar-refractivity contribution in [3.8, 4) is 17.1 Å². The van der Waals surface area contributed by atoms with Crippen LogP contribution in [-0.4, -0.2) is 39.9 Å². The summed E-state index contributed by atoms with van der Waals surface area (Å²) in [6, 6.07) is 15.7. The number of aliphatic hydroxyl groups excluding tert-OH is 1. The van der Waals surface area contributed by atoms with Crippen LogP contribution < -0.4 is 4.72 Å². The summed E-state index contributed by atoms with van der Waals surface area (Å²) < 4.78 is 43.7. The molecule has 1 fully saturated rings. The van der Waals surface area contributed by atoms with E-state index in [0.717, 1.165) is 22.3 Å². The predicted molar refractivity (Wildman–Crippen MR) is 140 cm³/mol. The molecule has 1 aliphatic rings. The van der Waals surface area contributed by atoms with Crippen molar-refractivity contribution in [2.24, 2.45) is 5.92 Å². The fraction of sp³-hybridized carbons (Fsp3) is 0.370. The van der Waals surface area contributed by atoms with Crippen LogP contribution in [0.3, 0.4) is 0 Å². The van der Waals surface area contributed by atoms with Gasteiger partial charge in [-0.05, 0) is 69.9 Å². The Labute approximate surface area is 216 Å². The lowest BCUT2D eigenvalue weighted by molar-refractivity contribution is 0.0275. The maximum atomic E-state index is 13.2. The number of aromatic nitrogens is 4. The number of rotatable bonds is 7. The minimum Gasteiger partial charge on any atom is -0.393 e. The molecule has 0 amide bonds. The van der Waals surface area contributed by atoms with Gasteiger partial charge in [0.15, 0.2) is 5.82 Å². The molecule has 10 heteroatoms. The molecule has 4 aromatic rings. The molecule has 0 saturated heterocycles. The van der Waals surface area contributed by atoms with Gasteiger partial charge in [-0.15, -0.1) is 0 Å². The molecule has 1 aliphatic carbocycles. The third kappa shape index (κ3) is 5.32. The Hall–Kier alpha value is -3.08.